The third-order valence-electron chi connectivity index (χ3n) is 5.43. The summed E-state index contributed by atoms with van der Waals surface area (Å²) in [5.41, 5.74) is 0.242. The molecular formula is C18H29N3. The van der Waals surface area contributed by atoms with Crippen molar-refractivity contribution >= 4 is 0 Å². The number of allylic oxidation sites excluding steroid dienone is 2. The molecule has 1 fully saturated rings. The predicted octanol–water partition coefficient (Wildman–Crippen LogP) is 3.49. The third kappa shape index (κ3) is 3.23. The molecule has 1 aromatic heterocycles. The Kier molecular flexibility index (Phi) is 3.96. The van der Waals surface area contributed by atoms with E-state index in [-0.39, 0.29) is 5.41 Å². The maximum atomic E-state index is 4.17. The van der Waals surface area contributed by atoms with Crippen LogP contribution in [0.1, 0.15) is 40.5 Å². The topological polar surface area (TPSA) is 29.9 Å². The summed E-state index contributed by atoms with van der Waals surface area (Å²) in [7, 11) is 0. The minimum absolute atomic E-state index is 0.242. The van der Waals surface area contributed by atoms with Crippen LogP contribution < -0.4 is 5.32 Å². The van der Waals surface area contributed by atoms with Crippen LogP contribution in [0.25, 0.3) is 0 Å². The molecule has 3 nitrogen and oxygen atoms in total. The van der Waals surface area contributed by atoms with Crippen LogP contribution in [0.15, 0.2) is 30.9 Å². The number of rotatable bonds is 5. The zero-order valence-electron chi connectivity index (χ0n) is 13.8. The number of fused-ring (bicyclic) bond motifs is 2. The molecule has 0 radical (unpaired) electrons. The fraction of sp³-hybridized carbons (Fsp3) is 0.722. The molecule has 0 saturated heterocycles. The summed E-state index contributed by atoms with van der Waals surface area (Å²) in [5, 5.41) is 3.94. The summed E-state index contributed by atoms with van der Waals surface area (Å²) in [6, 6.07) is 1.04. The van der Waals surface area contributed by atoms with Gasteiger partial charge in [-0.05, 0) is 42.9 Å². The number of nitrogens with zero attached hydrogens (tertiary/aromatic N) is 2. The van der Waals surface area contributed by atoms with E-state index in [1.807, 2.05) is 12.5 Å². The molecule has 0 spiro atoms. The zero-order valence-corrected chi connectivity index (χ0v) is 13.8. The van der Waals surface area contributed by atoms with Gasteiger partial charge in [0, 0.05) is 31.0 Å². The van der Waals surface area contributed by atoms with Crippen molar-refractivity contribution in [1.29, 1.82) is 0 Å². The van der Waals surface area contributed by atoms with Gasteiger partial charge in [-0.15, -0.1) is 0 Å². The summed E-state index contributed by atoms with van der Waals surface area (Å²) in [6.45, 7) is 10.4. The van der Waals surface area contributed by atoms with Crippen LogP contribution in [0, 0.1) is 23.2 Å². The highest BCUT2D eigenvalue weighted by atomic mass is 15.1. The molecule has 1 saturated carbocycles. The van der Waals surface area contributed by atoms with Crippen LogP contribution in [0.4, 0.5) is 0 Å². The van der Waals surface area contributed by atoms with E-state index in [4.69, 9.17) is 0 Å². The summed E-state index contributed by atoms with van der Waals surface area (Å²) < 4.78 is 2.19. The van der Waals surface area contributed by atoms with Crippen LogP contribution in [0.2, 0.25) is 0 Å². The molecule has 1 heterocycles. The van der Waals surface area contributed by atoms with Crippen molar-refractivity contribution in [1.82, 2.24) is 14.9 Å². The van der Waals surface area contributed by atoms with E-state index in [0.29, 0.717) is 12.1 Å². The van der Waals surface area contributed by atoms with Crippen molar-refractivity contribution in [2.45, 2.75) is 59.2 Å². The molecule has 1 N–H and O–H groups in total. The molecular weight excluding hydrogens is 258 g/mol. The highest BCUT2D eigenvalue weighted by Gasteiger charge is 2.39. The van der Waals surface area contributed by atoms with Crippen LogP contribution in [0.5, 0.6) is 0 Å². The molecule has 3 rings (SSSR count). The Bertz CT molecular complexity index is 483. The molecule has 5 unspecified atom stereocenters. The lowest BCUT2D eigenvalue weighted by atomic mass is 9.83. The Labute approximate surface area is 128 Å². The van der Waals surface area contributed by atoms with Gasteiger partial charge in [-0.1, -0.05) is 32.9 Å². The maximum absolute atomic E-state index is 4.17. The second-order valence-electron chi connectivity index (χ2n) is 8.08. The van der Waals surface area contributed by atoms with Crippen molar-refractivity contribution in [3.05, 3.63) is 30.9 Å². The molecule has 2 aliphatic carbocycles. The van der Waals surface area contributed by atoms with Crippen LogP contribution in [-0.4, -0.2) is 21.6 Å². The zero-order chi connectivity index (χ0) is 15.0. The number of nitrogens with one attached hydrogen (secondary N) is 1. The minimum Gasteiger partial charge on any atom is -0.336 e. The largest absolute Gasteiger partial charge is 0.336 e. The smallest absolute Gasteiger partial charge is 0.0946 e. The van der Waals surface area contributed by atoms with Crippen molar-refractivity contribution in [3.8, 4) is 0 Å². The first-order valence-corrected chi connectivity index (χ1v) is 8.33. The Hall–Kier alpha value is -1.09. The number of imidazole rings is 1. The van der Waals surface area contributed by atoms with E-state index in [1.54, 1.807) is 0 Å². The average Bonchev–Trinajstić information content (AvgIpc) is 3.13. The molecule has 0 amide bonds. The molecule has 0 aromatic carbocycles. The Morgan fingerprint density at radius 1 is 1.29 bits per heavy atom. The van der Waals surface area contributed by atoms with Crippen LogP contribution in [0.3, 0.4) is 0 Å². The lowest BCUT2D eigenvalue weighted by molar-refractivity contribution is 0.194. The van der Waals surface area contributed by atoms with Gasteiger partial charge in [-0.2, -0.15) is 0 Å². The average molecular weight is 287 g/mol. The van der Waals surface area contributed by atoms with E-state index < -0.39 is 0 Å². The van der Waals surface area contributed by atoms with Crippen molar-refractivity contribution in [3.63, 3.8) is 0 Å². The van der Waals surface area contributed by atoms with Gasteiger partial charge in [0.25, 0.3) is 0 Å². The monoisotopic (exact) mass is 287 g/mol. The van der Waals surface area contributed by atoms with Gasteiger partial charge in [0.2, 0.25) is 0 Å². The van der Waals surface area contributed by atoms with E-state index >= 15 is 0 Å². The van der Waals surface area contributed by atoms with Crippen LogP contribution >= 0.6 is 0 Å². The summed E-state index contributed by atoms with van der Waals surface area (Å²) in [4.78, 5) is 4.17. The number of hydrogen-bond donors (Lipinski definition) is 1. The highest BCUT2D eigenvalue weighted by Crippen LogP contribution is 2.45. The second-order valence-corrected chi connectivity index (χ2v) is 8.08. The van der Waals surface area contributed by atoms with Gasteiger partial charge in [-0.3, -0.25) is 0 Å². The maximum Gasteiger partial charge on any atom is 0.0946 e. The molecule has 3 heteroatoms. The first-order chi connectivity index (χ1) is 9.93. The number of hydrogen-bond acceptors (Lipinski definition) is 2. The molecule has 2 aliphatic rings. The van der Waals surface area contributed by atoms with Gasteiger partial charge >= 0.3 is 0 Å². The summed E-state index contributed by atoms with van der Waals surface area (Å²) >= 11 is 0. The van der Waals surface area contributed by atoms with Crippen molar-refractivity contribution in [2.24, 2.45) is 23.2 Å². The van der Waals surface area contributed by atoms with Gasteiger partial charge in [0.15, 0.2) is 0 Å². The van der Waals surface area contributed by atoms with Gasteiger partial charge < -0.3 is 9.88 Å². The first-order valence-electron chi connectivity index (χ1n) is 8.33. The Morgan fingerprint density at radius 2 is 2.10 bits per heavy atom. The molecule has 116 valence electrons. The third-order valence-corrected chi connectivity index (χ3v) is 5.43. The van der Waals surface area contributed by atoms with Gasteiger partial charge in [0.1, 0.15) is 0 Å². The van der Waals surface area contributed by atoms with E-state index in [1.165, 1.54) is 12.8 Å². The number of aromatic nitrogens is 2. The fourth-order valence-electron chi connectivity index (χ4n) is 4.02. The lowest BCUT2D eigenvalue weighted by Gasteiger charge is -2.37. The van der Waals surface area contributed by atoms with E-state index in [0.717, 1.165) is 24.3 Å². The summed E-state index contributed by atoms with van der Waals surface area (Å²) in [6.07, 6.45) is 13.5. The lowest BCUT2D eigenvalue weighted by Crippen LogP contribution is -2.50. The van der Waals surface area contributed by atoms with E-state index in [2.05, 4.69) is 60.9 Å². The standard InChI is InChI=1S/C18H29N3/c1-13(16-10-14-5-6-15(16)9-14)20-17(18(2,3)4)11-21-8-7-19-12-21/h5-8,12-17,20H,9-11H2,1-4H3. The SMILES string of the molecule is CC(NC(Cn1ccnc1)C(C)(C)C)C1CC2C=CC1C2. The quantitative estimate of drug-likeness (QED) is 0.840. The molecule has 5 atom stereocenters. The fourth-order valence-corrected chi connectivity index (χ4v) is 4.02. The molecule has 2 bridgehead atoms. The highest BCUT2D eigenvalue weighted by molar-refractivity contribution is 5.12. The van der Waals surface area contributed by atoms with Crippen molar-refractivity contribution in [2.75, 3.05) is 0 Å². The Balaban J connectivity index is 1.65. The van der Waals surface area contributed by atoms with E-state index in [9.17, 15) is 0 Å². The Morgan fingerprint density at radius 3 is 2.62 bits per heavy atom. The molecule has 1 aromatic rings. The minimum atomic E-state index is 0.242. The van der Waals surface area contributed by atoms with Gasteiger partial charge in [-0.25, -0.2) is 4.98 Å². The van der Waals surface area contributed by atoms with Crippen molar-refractivity contribution < 1.29 is 0 Å². The summed E-state index contributed by atoms with van der Waals surface area (Å²) in [5.74, 6) is 2.48. The second kappa shape index (κ2) is 5.60. The molecule has 0 aliphatic heterocycles. The van der Waals surface area contributed by atoms with Gasteiger partial charge in [0.05, 0.1) is 6.33 Å². The van der Waals surface area contributed by atoms with Crippen LogP contribution in [-0.2, 0) is 6.54 Å². The molecule has 21 heavy (non-hydrogen) atoms. The normalized spacial score (nSPS) is 30.8. The predicted molar refractivity (Wildman–Crippen MR) is 86.9 cm³/mol. The first kappa shape index (κ1) is 14.8.